The zero-order valence-corrected chi connectivity index (χ0v) is 8.69. The third kappa shape index (κ3) is 5.47. The molecule has 0 bridgehead atoms. The summed E-state index contributed by atoms with van der Waals surface area (Å²) in [5.41, 5.74) is 0. The van der Waals surface area contributed by atoms with Crippen molar-refractivity contribution < 1.29 is 9.90 Å². The molecule has 0 saturated carbocycles. The molecule has 1 unspecified atom stereocenters. The summed E-state index contributed by atoms with van der Waals surface area (Å²) in [5.74, 6) is 0.341. The molecule has 1 atom stereocenters. The third-order valence-corrected chi connectivity index (χ3v) is 2.58. The van der Waals surface area contributed by atoms with Gasteiger partial charge in [-0.15, -0.1) is 0 Å². The predicted octanol–water partition coefficient (Wildman–Crippen LogP) is 2.63. The molecule has 0 radical (unpaired) electrons. The lowest BCUT2D eigenvalue weighted by atomic mass is 9.99. The molecule has 0 aliphatic rings. The smallest absolute Gasteiger partial charge is 0.306 e. The van der Waals surface area contributed by atoms with Crippen LogP contribution >= 0.6 is 11.8 Å². The second kappa shape index (κ2) is 7.47. The zero-order valence-electron chi connectivity index (χ0n) is 7.88. The molecule has 0 aromatic heterocycles. The number of carboxylic acids is 1. The number of aliphatic carboxylic acids is 1. The summed E-state index contributed by atoms with van der Waals surface area (Å²) in [5, 5.41) is 8.80. The number of thioether (sulfide) groups is 1. The molecule has 72 valence electrons. The third-order valence-electron chi connectivity index (χ3n) is 1.89. The van der Waals surface area contributed by atoms with Gasteiger partial charge in [0.1, 0.15) is 0 Å². The number of carbonyl (C=O) groups is 1. The molecule has 0 heterocycles. The molecule has 2 nitrogen and oxygen atoms in total. The van der Waals surface area contributed by atoms with Crippen molar-refractivity contribution in [2.45, 2.75) is 32.6 Å². The van der Waals surface area contributed by atoms with Gasteiger partial charge in [-0.2, -0.15) is 11.8 Å². The van der Waals surface area contributed by atoms with E-state index in [1.807, 2.05) is 6.92 Å². The molecule has 0 aromatic carbocycles. The number of hydrogen-bond acceptors (Lipinski definition) is 2. The van der Waals surface area contributed by atoms with Gasteiger partial charge in [0, 0.05) is 0 Å². The van der Waals surface area contributed by atoms with E-state index in [2.05, 4.69) is 6.26 Å². The first-order valence-corrected chi connectivity index (χ1v) is 5.83. The van der Waals surface area contributed by atoms with E-state index in [0.29, 0.717) is 0 Å². The van der Waals surface area contributed by atoms with Gasteiger partial charge in [0.2, 0.25) is 0 Å². The van der Waals surface area contributed by atoms with Crippen LogP contribution in [0.3, 0.4) is 0 Å². The number of carboxylic acid groups (broad SMARTS) is 1. The lowest BCUT2D eigenvalue weighted by molar-refractivity contribution is -0.142. The minimum atomic E-state index is -0.627. The van der Waals surface area contributed by atoms with Gasteiger partial charge in [0.15, 0.2) is 0 Å². The summed E-state index contributed by atoms with van der Waals surface area (Å²) in [6.07, 6.45) is 5.71. The van der Waals surface area contributed by atoms with E-state index in [9.17, 15) is 4.79 Å². The quantitative estimate of drug-likeness (QED) is 0.627. The van der Waals surface area contributed by atoms with Gasteiger partial charge in [-0.3, -0.25) is 4.79 Å². The van der Waals surface area contributed by atoms with Crippen LogP contribution in [0, 0.1) is 5.92 Å². The molecular weight excluding hydrogens is 172 g/mol. The van der Waals surface area contributed by atoms with Crippen LogP contribution in [0.15, 0.2) is 0 Å². The molecule has 0 spiro atoms. The molecule has 0 fully saturated rings. The van der Waals surface area contributed by atoms with E-state index in [4.69, 9.17) is 5.11 Å². The Balaban J connectivity index is 3.56. The summed E-state index contributed by atoms with van der Waals surface area (Å²) >= 11 is 1.78. The maximum absolute atomic E-state index is 10.7. The highest BCUT2D eigenvalue weighted by Gasteiger charge is 2.14. The second-order valence-corrected chi connectivity index (χ2v) is 3.94. The Morgan fingerprint density at radius 2 is 2.17 bits per heavy atom. The first kappa shape index (κ1) is 11.8. The molecule has 0 aliphatic carbocycles. The summed E-state index contributed by atoms with van der Waals surface area (Å²) in [4.78, 5) is 10.7. The average Bonchev–Trinajstić information content (AvgIpc) is 2.03. The van der Waals surface area contributed by atoms with E-state index in [1.54, 1.807) is 11.8 Å². The molecule has 1 N–H and O–H groups in total. The Hall–Kier alpha value is -0.180. The van der Waals surface area contributed by atoms with Gasteiger partial charge < -0.3 is 5.11 Å². The summed E-state index contributed by atoms with van der Waals surface area (Å²) in [7, 11) is 0. The van der Waals surface area contributed by atoms with Gasteiger partial charge in [0.25, 0.3) is 0 Å². The molecule has 0 aliphatic heterocycles. The first-order chi connectivity index (χ1) is 5.72. The van der Waals surface area contributed by atoms with E-state index in [1.165, 1.54) is 0 Å². The Morgan fingerprint density at radius 3 is 2.58 bits per heavy atom. The highest BCUT2D eigenvalue weighted by Crippen LogP contribution is 2.14. The maximum Gasteiger partial charge on any atom is 0.306 e. The molecule has 12 heavy (non-hydrogen) atoms. The highest BCUT2D eigenvalue weighted by atomic mass is 32.2. The van der Waals surface area contributed by atoms with Gasteiger partial charge in [-0.1, -0.05) is 13.3 Å². The standard InChI is InChI=1S/C9H18O2S/c1-3-5-8(9(10)11)6-4-7-12-2/h8H,3-7H2,1-2H3,(H,10,11). The van der Waals surface area contributed by atoms with Gasteiger partial charge in [0.05, 0.1) is 5.92 Å². The zero-order chi connectivity index (χ0) is 9.40. The van der Waals surface area contributed by atoms with Crippen molar-refractivity contribution in [3.63, 3.8) is 0 Å². The van der Waals surface area contributed by atoms with Crippen molar-refractivity contribution in [1.82, 2.24) is 0 Å². The monoisotopic (exact) mass is 190 g/mol. The average molecular weight is 190 g/mol. The van der Waals surface area contributed by atoms with Crippen LogP contribution in [0.5, 0.6) is 0 Å². The highest BCUT2D eigenvalue weighted by molar-refractivity contribution is 7.98. The fourth-order valence-corrected chi connectivity index (χ4v) is 1.67. The van der Waals surface area contributed by atoms with E-state index < -0.39 is 5.97 Å². The van der Waals surface area contributed by atoms with Crippen LogP contribution < -0.4 is 0 Å². The van der Waals surface area contributed by atoms with Crippen LogP contribution in [-0.2, 0) is 4.79 Å². The molecule has 0 saturated heterocycles. The van der Waals surface area contributed by atoms with Crippen molar-refractivity contribution >= 4 is 17.7 Å². The van der Waals surface area contributed by atoms with E-state index >= 15 is 0 Å². The number of rotatable bonds is 7. The van der Waals surface area contributed by atoms with Crippen molar-refractivity contribution in [1.29, 1.82) is 0 Å². The topological polar surface area (TPSA) is 37.3 Å². The Labute approximate surface area is 78.7 Å². The minimum absolute atomic E-state index is 0.109. The summed E-state index contributed by atoms with van der Waals surface area (Å²) < 4.78 is 0. The van der Waals surface area contributed by atoms with Crippen molar-refractivity contribution in [3.8, 4) is 0 Å². The normalized spacial score (nSPS) is 12.8. The fourth-order valence-electron chi connectivity index (χ4n) is 1.21. The number of hydrogen-bond donors (Lipinski definition) is 1. The van der Waals surface area contributed by atoms with Crippen molar-refractivity contribution in [2.24, 2.45) is 5.92 Å². The van der Waals surface area contributed by atoms with Crippen LogP contribution in [-0.4, -0.2) is 23.1 Å². The molecule has 3 heteroatoms. The maximum atomic E-state index is 10.7. The Morgan fingerprint density at radius 1 is 1.50 bits per heavy atom. The van der Waals surface area contributed by atoms with Crippen molar-refractivity contribution in [3.05, 3.63) is 0 Å². The molecule has 0 amide bonds. The Kier molecular flexibility index (Phi) is 7.36. The molecule has 0 rings (SSSR count). The van der Waals surface area contributed by atoms with Gasteiger partial charge in [-0.05, 0) is 31.3 Å². The van der Waals surface area contributed by atoms with Crippen LogP contribution in [0.25, 0.3) is 0 Å². The lowest BCUT2D eigenvalue weighted by Crippen LogP contribution is -2.13. The van der Waals surface area contributed by atoms with Crippen molar-refractivity contribution in [2.75, 3.05) is 12.0 Å². The minimum Gasteiger partial charge on any atom is -0.481 e. The first-order valence-electron chi connectivity index (χ1n) is 4.44. The van der Waals surface area contributed by atoms with E-state index in [-0.39, 0.29) is 5.92 Å². The lowest BCUT2D eigenvalue weighted by Gasteiger charge is -2.09. The predicted molar refractivity (Wildman–Crippen MR) is 53.6 cm³/mol. The van der Waals surface area contributed by atoms with Gasteiger partial charge in [-0.25, -0.2) is 0 Å². The molecule has 0 aromatic rings. The fraction of sp³-hybridized carbons (Fsp3) is 0.889. The molecular formula is C9H18O2S. The van der Waals surface area contributed by atoms with Crippen LogP contribution in [0.1, 0.15) is 32.6 Å². The largest absolute Gasteiger partial charge is 0.481 e. The van der Waals surface area contributed by atoms with Crippen LogP contribution in [0.4, 0.5) is 0 Å². The summed E-state index contributed by atoms with van der Waals surface area (Å²) in [6, 6.07) is 0. The van der Waals surface area contributed by atoms with E-state index in [0.717, 1.165) is 31.4 Å². The second-order valence-electron chi connectivity index (χ2n) is 2.96. The Bertz CT molecular complexity index is 126. The SMILES string of the molecule is CCCC(CCCSC)C(=O)O. The van der Waals surface area contributed by atoms with Crippen LogP contribution in [0.2, 0.25) is 0 Å². The summed E-state index contributed by atoms with van der Waals surface area (Å²) in [6.45, 7) is 2.03. The van der Waals surface area contributed by atoms with Gasteiger partial charge >= 0.3 is 5.97 Å².